The van der Waals surface area contributed by atoms with Crippen molar-refractivity contribution in [3.8, 4) is 5.75 Å². The number of sulfonamides is 1. The average Bonchev–Trinajstić information content (AvgIpc) is 2.97. The summed E-state index contributed by atoms with van der Waals surface area (Å²) in [5.41, 5.74) is -0.537. The summed E-state index contributed by atoms with van der Waals surface area (Å²) >= 11 is 0. The first kappa shape index (κ1) is 17.5. The highest BCUT2D eigenvalue weighted by Gasteiger charge is 2.26. The lowest BCUT2D eigenvalue weighted by molar-refractivity contribution is 0.0603. The van der Waals surface area contributed by atoms with E-state index in [1.807, 2.05) is 0 Å². The van der Waals surface area contributed by atoms with E-state index in [-0.39, 0.29) is 17.9 Å². The molecule has 0 radical (unpaired) electrons. The molecule has 1 heterocycles. The number of hydrogen-bond donors (Lipinski definition) is 2. The highest BCUT2D eigenvalue weighted by molar-refractivity contribution is 7.89. The maximum atomic E-state index is 12.3. The van der Waals surface area contributed by atoms with Crippen LogP contribution in [0.4, 0.5) is 0 Å². The molecule has 0 aliphatic rings. The first-order chi connectivity index (χ1) is 10.7. The van der Waals surface area contributed by atoms with Gasteiger partial charge >= 0.3 is 0 Å². The van der Waals surface area contributed by atoms with Crippen LogP contribution in [0.15, 0.2) is 45.9 Å². The molecule has 23 heavy (non-hydrogen) atoms. The first-order valence-corrected chi connectivity index (χ1v) is 8.61. The fourth-order valence-electron chi connectivity index (χ4n) is 2.20. The third kappa shape index (κ3) is 4.57. The summed E-state index contributed by atoms with van der Waals surface area (Å²) in [6, 6.07) is 8.05. The number of methoxy groups -OCH3 is 1. The number of rotatable bonds is 7. The Morgan fingerprint density at radius 2 is 2.09 bits per heavy atom. The molecular weight excluding hydrogens is 318 g/mol. The van der Waals surface area contributed by atoms with Gasteiger partial charge in [-0.05, 0) is 49.7 Å². The normalized spacial score (nSPS) is 14.4. The summed E-state index contributed by atoms with van der Waals surface area (Å²) < 4.78 is 37.4. The minimum Gasteiger partial charge on any atom is -0.496 e. The van der Waals surface area contributed by atoms with Crippen molar-refractivity contribution in [2.75, 3.05) is 13.7 Å². The zero-order valence-electron chi connectivity index (χ0n) is 13.4. The lowest BCUT2D eigenvalue weighted by Crippen LogP contribution is -2.42. The van der Waals surface area contributed by atoms with Crippen molar-refractivity contribution in [2.24, 2.45) is 0 Å². The second kappa shape index (κ2) is 6.74. The van der Waals surface area contributed by atoms with Gasteiger partial charge in [-0.3, -0.25) is 0 Å². The van der Waals surface area contributed by atoms with Gasteiger partial charge in [0, 0.05) is 13.0 Å². The van der Waals surface area contributed by atoms with Crippen LogP contribution in [0.5, 0.6) is 5.75 Å². The lowest BCUT2D eigenvalue weighted by atomic mass is 10.0. The van der Waals surface area contributed by atoms with Crippen molar-refractivity contribution in [1.82, 2.24) is 4.72 Å². The van der Waals surface area contributed by atoms with Crippen molar-refractivity contribution in [3.05, 3.63) is 47.9 Å². The van der Waals surface area contributed by atoms with Crippen molar-refractivity contribution in [3.63, 3.8) is 0 Å². The quantitative estimate of drug-likeness (QED) is 0.804. The Morgan fingerprint density at radius 1 is 1.35 bits per heavy atom. The summed E-state index contributed by atoms with van der Waals surface area (Å²) in [6.45, 7) is 3.20. The van der Waals surface area contributed by atoms with Crippen LogP contribution in [0.1, 0.15) is 18.2 Å². The van der Waals surface area contributed by atoms with E-state index in [0.29, 0.717) is 11.5 Å². The van der Waals surface area contributed by atoms with E-state index in [1.54, 1.807) is 32.0 Å². The van der Waals surface area contributed by atoms with Gasteiger partial charge in [0.1, 0.15) is 11.5 Å². The third-order valence-electron chi connectivity index (χ3n) is 3.45. The number of benzene rings is 1. The number of aliphatic hydroxyl groups is 1. The number of hydrogen-bond acceptors (Lipinski definition) is 5. The van der Waals surface area contributed by atoms with Crippen LogP contribution in [0.3, 0.4) is 0 Å². The molecule has 1 atom stereocenters. The van der Waals surface area contributed by atoms with Gasteiger partial charge in [-0.2, -0.15) is 0 Å². The van der Waals surface area contributed by atoms with Crippen LogP contribution >= 0.6 is 0 Å². The van der Waals surface area contributed by atoms with Gasteiger partial charge in [-0.1, -0.05) is 0 Å². The summed E-state index contributed by atoms with van der Waals surface area (Å²) in [5.74, 6) is 1.21. The molecule has 2 aromatic rings. The summed E-state index contributed by atoms with van der Waals surface area (Å²) in [4.78, 5) is 0.129. The largest absolute Gasteiger partial charge is 0.496 e. The lowest BCUT2D eigenvalue weighted by Gasteiger charge is -2.22. The van der Waals surface area contributed by atoms with Crippen LogP contribution in [0, 0.1) is 6.92 Å². The van der Waals surface area contributed by atoms with Crippen LogP contribution in [-0.2, 0) is 16.4 Å². The topological polar surface area (TPSA) is 88.8 Å². The van der Waals surface area contributed by atoms with E-state index in [0.717, 1.165) is 5.56 Å². The molecule has 0 spiro atoms. The van der Waals surface area contributed by atoms with E-state index in [9.17, 15) is 13.5 Å². The number of ether oxygens (including phenoxy) is 1. The summed E-state index contributed by atoms with van der Waals surface area (Å²) in [6.07, 6.45) is 1.72. The van der Waals surface area contributed by atoms with E-state index in [2.05, 4.69) is 4.72 Å². The second-order valence-electron chi connectivity index (χ2n) is 5.71. The Bertz CT molecular complexity index is 751. The highest BCUT2D eigenvalue weighted by Crippen LogP contribution is 2.21. The van der Waals surface area contributed by atoms with E-state index < -0.39 is 15.6 Å². The van der Waals surface area contributed by atoms with Gasteiger partial charge in [0.15, 0.2) is 0 Å². The van der Waals surface area contributed by atoms with Gasteiger partial charge in [-0.15, -0.1) is 0 Å². The SMILES string of the molecule is COc1ccc(S(=O)(=O)NC[C@](C)(O)Cc2ccco2)cc1C. The molecule has 0 bridgehead atoms. The molecule has 0 unspecified atom stereocenters. The molecule has 2 rings (SSSR count). The van der Waals surface area contributed by atoms with Crippen LogP contribution in [0.2, 0.25) is 0 Å². The molecule has 126 valence electrons. The Kier molecular flexibility index (Phi) is 5.13. The van der Waals surface area contributed by atoms with Gasteiger partial charge in [-0.25, -0.2) is 13.1 Å². The van der Waals surface area contributed by atoms with Crippen LogP contribution in [0.25, 0.3) is 0 Å². The highest BCUT2D eigenvalue weighted by atomic mass is 32.2. The minimum atomic E-state index is -3.72. The fraction of sp³-hybridized carbons (Fsp3) is 0.375. The van der Waals surface area contributed by atoms with Gasteiger partial charge in [0.2, 0.25) is 10.0 Å². The molecule has 1 aromatic heterocycles. The summed E-state index contributed by atoms with van der Waals surface area (Å²) in [7, 11) is -2.19. The molecule has 2 N–H and O–H groups in total. The Morgan fingerprint density at radius 3 is 2.65 bits per heavy atom. The van der Waals surface area contributed by atoms with E-state index >= 15 is 0 Å². The van der Waals surface area contributed by atoms with Gasteiger partial charge in [0.25, 0.3) is 0 Å². The minimum absolute atomic E-state index is 0.124. The van der Waals surface area contributed by atoms with Crippen LogP contribution < -0.4 is 9.46 Å². The third-order valence-corrected chi connectivity index (χ3v) is 4.85. The fourth-order valence-corrected chi connectivity index (χ4v) is 3.45. The molecule has 0 aliphatic heterocycles. The molecule has 1 aromatic carbocycles. The van der Waals surface area contributed by atoms with Crippen LogP contribution in [-0.4, -0.2) is 32.8 Å². The van der Waals surface area contributed by atoms with E-state index in [4.69, 9.17) is 9.15 Å². The van der Waals surface area contributed by atoms with Gasteiger partial charge in [0.05, 0.1) is 23.9 Å². The van der Waals surface area contributed by atoms with Crippen molar-refractivity contribution >= 4 is 10.0 Å². The predicted molar refractivity (Wildman–Crippen MR) is 86.0 cm³/mol. The van der Waals surface area contributed by atoms with Crippen molar-refractivity contribution < 1.29 is 22.7 Å². The molecule has 0 saturated carbocycles. The summed E-state index contributed by atoms with van der Waals surface area (Å²) in [5, 5.41) is 10.3. The van der Waals surface area contributed by atoms with Crippen molar-refractivity contribution in [1.29, 1.82) is 0 Å². The maximum Gasteiger partial charge on any atom is 0.240 e. The molecule has 7 heteroatoms. The van der Waals surface area contributed by atoms with Gasteiger partial charge < -0.3 is 14.3 Å². The zero-order valence-corrected chi connectivity index (χ0v) is 14.2. The molecule has 6 nitrogen and oxygen atoms in total. The Hall–Kier alpha value is -1.83. The monoisotopic (exact) mass is 339 g/mol. The predicted octanol–water partition coefficient (Wildman–Crippen LogP) is 1.87. The molecule has 0 fully saturated rings. The molecular formula is C16H21NO5S. The first-order valence-electron chi connectivity index (χ1n) is 7.12. The molecule has 0 amide bonds. The Balaban J connectivity index is 2.07. The number of furan rings is 1. The second-order valence-corrected chi connectivity index (χ2v) is 7.48. The van der Waals surface area contributed by atoms with Crippen molar-refractivity contribution in [2.45, 2.75) is 30.8 Å². The average molecular weight is 339 g/mol. The number of nitrogens with one attached hydrogen (secondary N) is 1. The molecule has 0 saturated heterocycles. The molecule has 0 aliphatic carbocycles. The maximum absolute atomic E-state index is 12.3. The zero-order chi connectivity index (χ0) is 17.1. The smallest absolute Gasteiger partial charge is 0.240 e. The van der Waals surface area contributed by atoms with E-state index in [1.165, 1.54) is 25.5 Å². The standard InChI is InChI=1S/C16H21NO5S/c1-12-9-14(6-7-15(12)21-3)23(19,20)17-11-16(2,18)10-13-5-4-8-22-13/h4-9,17-18H,10-11H2,1-3H3/t16-/m1/s1. The number of aryl methyl sites for hydroxylation is 1. The Labute approximate surface area is 136 Å².